The molecule has 0 aromatic carbocycles. The molecule has 0 unspecified atom stereocenters. The van der Waals surface area contributed by atoms with Crippen molar-refractivity contribution in [3.8, 4) is 0 Å². The lowest BCUT2D eigenvalue weighted by atomic mass is 10.2. The Morgan fingerprint density at radius 2 is 1.88 bits per heavy atom. The van der Waals surface area contributed by atoms with Gasteiger partial charge in [-0.2, -0.15) is 4.31 Å². The van der Waals surface area contributed by atoms with E-state index in [9.17, 15) is 13.2 Å². The Morgan fingerprint density at radius 1 is 1.12 bits per heavy atom. The molecule has 0 atom stereocenters. The molecule has 3 rings (SSSR count). The minimum atomic E-state index is -3.70. The standard InChI is InChI=1S/C17H22N4O4S/c1-12-5-6-15(11-18-12)17(22)20-7-4-8-21(10-9-20)26(23,24)16-13(2)19-25-14(16)3/h5-6,11H,4,7-10H2,1-3H3. The molecule has 1 amide bonds. The lowest BCUT2D eigenvalue weighted by molar-refractivity contribution is 0.0764. The van der Waals surface area contributed by atoms with E-state index in [-0.39, 0.29) is 23.1 Å². The number of amides is 1. The van der Waals surface area contributed by atoms with Crippen LogP contribution in [0.15, 0.2) is 27.7 Å². The summed E-state index contributed by atoms with van der Waals surface area (Å²) in [5.41, 5.74) is 1.71. The first-order valence-corrected chi connectivity index (χ1v) is 9.89. The molecular weight excluding hydrogens is 356 g/mol. The highest BCUT2D eigenvalue weighted by Crippen LogP contribution is 2.24. The molecule has 1 aliphatic rings. The zero-order valence-electron chi connectivity index (χ0n) is 15.1. The maximum atomic E-state index is 12.9. The summed E-state index contributed by atoms with van der Waals surface area (Å²) in [4.78, 5) is 18.6. The Hall–Kier alpha value is -2.26. The highest BCUT2D eigenvalue weighted by Gasteiger charge is 2.33. The zero-order chi connectivity index (χ0) is 18.9. The van der Waals surface area contributed by atoms with Crippen LogP contribution >= 0.6 is 0 Å². The Kier molecular flexibility index (Phi) is 5.10. The van der Waals surface area contributed by atoms with Gasteiger partial charge < -0.3 is 9.42 Å². The number of rotatable bonds is 3. The van der Waals surface area contributed by atoms with Gasteiger partial charge in [-0.15, -0.1) is 0 Å². The molecule has 26 heavy (non-hydrogen) atoms. The molecular formula is C17H22N4O4S. The number of hydrogen-bond donors (Lipinski definition) is 0. The van der Waals surface area contributed by atoms with E-state index in [0.717, 1.165) is 5.69 Å². The van der Waals surface area contributed by atoms with Gasteiger partial charge in [-0.1, -0.05) is 5.16 Å². The lowest BCUT2D eigenvalue weighted by Crippen LogP contribution is -2.37. The van der Waals surface area contributed by atoms with E-state index in [0.29, 0.717) is 37.3 Å². The first-order valence-electron chi connectivity index (χ1n) is 8.45. The Labute approximate surface area is 152 Å². The second-order valence-electron chi connectivity index (χ2n) is 6.39. The monoisotopic (exact) mass is 378 g/mol. The number of carbonyl (C=O) groups excluding carboxylic acids is 1. The molecule has 3 heterocycles. The average Bonchev–Trinajstić information content (AvgIpc) is 2.81. The summed E-state index contributed by atoms with van der Waals surface area (Å²) in [6.07, 6.45) is 2.12. The van der Waals surface area contributed by atoms with Crippen LogP contribution in [-0.4, -0.2) is 59.8 Å². The number of aryl methyl sites for hydroxylation is 3. The number of carbonyl (C=O) groups is 1. The van der Waals surface area contributed by atoms with Crippen molar-refractivity contribution in [1.29, 1.82) is 0 Å². The molecule has 0 aliphatic carbocycles. The minimum Gasteiger partial charge on any atom is -0.360 e. The molecule has 9 heteroatoms. The van der Waals surface area contributed by atoms with Crippen molar-refractivity contribution in [1.82, 2.24) is 19.3 Å². The molecule has 0 spiro atoms. The topological polar surface area (TPSA) is 96.6 Å². The van der Waals surface area contributed by atoms with Crippen molar-refractivity contribution in [2.24, 2.45) is 0 Å². The fraction of sp³-hybridized carbons (Fsp3) is 0.471. The van der Waals surface area contributed by atoms with Crippen molar-refractivity contribution < 1.29 is 17.7 Å². The van der Waals surface area contributed by atoms with Crippen LogP contribution in [-0.2, 0) is 10.0 Å². The van der Waals surface area contributed by atoms with Gasteiger partial charge in [-0.25, -0.2) is 8.42 Å². The predicted molar refractivity (Wildman–Crippen MR) is 94.2 cm³/mol. The largest absolute Gasteiger partial charge is 0.360 e. The number of pyridine rings is 1. The van der Waals surface area contributed by atoms with Crippen molar-refractivity contribution in [2.75, 3.05) is 26.2 Å². The van der Waals surface area contributed by atoms with Crippen molar-refractivity contribution in [3.05, 3.63) is 41.0 Å². The van der Waals surface area contributed by atoms with E-state index < -0.39 is 10.0 Å². The molecule has 2 aromatic heterocycles. The summed E-state index contributed by atoms with van der Waals surface area (Å²) in [5, 5.41) is 3.74. The summed E-state index contributed by atoms with van der Waals surface area (Å²) in [6.45, 7) is 6.47. The Morgan fingerprint density at radius 3 is 2.50 bits per heavy atom. The van der Waals surface area contributed by atoms with Crippen LogP contribution in [0.4, 0.5) is 0 Å². The number of aromatic nitrogens is 2. The predicted octanol–water partition coefficient (Wildman–Crippen LogP) is 1.53. The molecule has 1 fully saturated rings. The number of sulfonamides is 1. The third-order valence-electron chi connectivity index (χ3n) is 4.47. The number of nitrogens with zero attached hydrogens (tertiary/aromatic N) is 4. The van der Waals surface area contributed by atoms with Crippen molar-refractivity contribution in [2.45, 2.75) is 32.1 Å². The van der Waals surface area contributed by atoms with E-state index in [2.05, 4.69) is 10.1 Å². The third-order valence-corrected chi connectivity index (χ3v) is 6.61. The normalized spacial score (nSPS) is 16.5. The van der Waals surface area contributed by atoms with Crippen LogP contribution in [0.1, 0.15) is 33.9 Å². The maximum Gasteiger partial charge on any atom is 0.255 e. The summed E-state index contributed by atoms with van der Waals surface area (Å²) in [5.74, 6) is 0.152. The Balaban J connectivity index is 1.76. The van der Waals surface area contributed by atoms with Crippen LogP contribution in [0.2, 0.25) is 0 Å². The second-order valence-corrected chi connectivity index (χ2v) is 8.27. The maximum absolute atomic E-state index is 12.9. The quantitative estimate of drug-likeness (QED) is 0.804. The number of hydrogen-bond acceptors (Lipinski definition) is 6. The van der Waals surface area contributed by atoms with Gasteiger partial charge in [-0.05, 0) is 39.3 Å². The molecule has 1 saturated heterocycles. The fourth-order valence-electron chi connectivity index (χ4n) is 3.09. The first kappa shape index (κ1) is 18.5. The Bertz CT molecular complexity index is 886. The van der Waals surface area contributed by atoms with E-state index in [4.69, 9.17) is 4.52 Å². The minimum absolute atomic E-state index is 0.125. The molecule has 2 aromatic rings. The van der Waals surface area contributed by atoms with Gasteiger partial charge in [0.1, 0.15) is 10.6 Å². The zero-order valence-corrected chi connectivity index (χ0v) is 15.9. The van der Waals surface area contributed by atoms with Gasteiger partial charge in [0.05, 0.1) is 5.56 Å². The van der Waals surface area contributed by atoms with Gasteiger partial charge in [0.15, 0.2) is 5.76 Å². The van der Waals surface area contributed by atoms with Crippen LogP contribution in [0.5, 0.6) is 0 Å². The molecule has 8 nitrogen and oxygen atoms in total. The van der Waals surface area contributed by atoms with Gasteiger partial charge in [0.2, 0.25) is 10.0 Å². The molecule has 0 N–H and O–H groups in total. The van der Waals surface area contributed by atoms with Gasteiger partial charge in [0.25, 0.3) is 5.91 Å². The van der Waals surface area contributed by atoms with Gasteiger partial charge in [0, 0.05) is 38.1 Å². The summed E-state index contributed by atoms with van der Waals surface area (Å²) >= 11 is 0. The first-order chi connectivity index (χ1) is 12.3. The molecule has 0 radical (unpaired) electrons. The van der Waals surface area contributed by atoms with Gasteiger partial charge in [-0.3, -0.25) is 9.78 Å². The molecule has 140 valence electrons. The smallest absolute Gasteiger partial charge is 0.255 e. The third kappa shape index (κ3) is 3.49. The fourth-order valence-corrected chi connectivity index (χ4v) is 4.85. The van der Waals surface area contributed by atoms with Crippen molar-refractivity contribution in [3.63, 3.8) is 0 Å². The SMILES string of the molecule is Cc1ccc(C(=O)N2CCCN(S(=O)(=O)c3c(C)noc3C)CC2)cn1. The van der Waals surface area contributed by atoms with Crippen molar-refractivity contribution >= 4 is 15.9 Å². The van der Waals surface area contributed by atoms with Crippen LogP contribution in [0.3, 0.4) is 0 Å². The summed E-state index contributed by atoms with van der Waals surface area (Å²) in [6, 6.07) is 3.53. The van der Waals surface area contributed by atoms with E-state index >= 15 is 0 Å². The highest BCUT2D eigenvalue weighted by molar-refractivity contribution is 7.89. The van der Waals surface area contributed by atoms with Crippen LogP contribution < -0.4 is 0 Å². The highest BCUT2D eigenvalue weighted by atomic mass is 32.2. The van der Waals surface area contributed by atoms with E-state index in [1.165, 1.54) is 4.31 Å². The summed E-state index contributed by atoms with van der Waals surface area (Å²) in [7, 11) is -3.70. The van der Waals surface area contributed by atoms with Crippen LogP contribution in [0, 0.1) is 20.8 Å². The van der Waals surface area contributed by atoms with E-state index in [1.54, 1.807) is 37.1 Å². The average molecular weight is 378 g/mol. The summed E-state index contributed by atoms with van der Waals surface area (Å²) < 4.78 is 32.3. The molecule has 0 bridgehead atoms. The van der Waals surface area contributed by atoms with E-state index in [1.807, 2.05) is 6.92 Å². The molecule has 1 aliphatic heterocycles. The van der Waals surface area contributed by atoms with Gasteiger partial charge >= 0.3 is 0 Å². The molecule has 0 saturated carbocycles. The van der Waals surface area contributed by atoms with Crippen LogP contribution in [0.25, 0.3) is 0 Å². The second kappa shape index (κ2) is 7.16. The lowest BCUT2D eigenvalue weighted by Gasteiger charge is -2.22.